The first-order valence-corrected chi connectivity index (χ1v) is 9.93. The minimum atomic E-state index is -0.736. The number of rotatable bonds is 4. The van der Waals surface area contributed by atoms with Gasteiger partial charge in [-0.05, 0) is 37.4 Å². The molecular weight excluding hydrogens is 388 g/mol. The number of carbonyl (C=O) groups excluding carboxylic acids is 1. The Hall–Kier alpha value is -1.94. The number of para-hydroxylation sites is 1. The maximum atomic E-state index is 12.5. The maximum Gasteiger partial charge on any atom is 0.347 e. The van der Waals surface area contributed by atoms with E-state index < -0.39 is 16.9 Å². The molecule has 2 heterocycles. The van der Waals surface area contributed by atoms with Gasteiger partial charge in [-0.25, -0.2) is 9.80 Å². The summed E-state index contributed by atoms with van der Waals surface area (Å²) < 4.78 is -0.0357. The lowest BCUT2D eigenvalue weighted by molar-refractivity contribution is -0.114. The molecule has 1 aliphatic rings. The lowest BCUT2D eigenvalue weighted by Crippen LogP contribution is -2.54. The Labute approximate surface area is 165 Å². The number of hydrogen-bond donors (Lipinski definition) is 2. The number of thioether (sulfide) groups is 1. The molecule has 136 valence electrons. The van der Waals surface area contributed by atoms with Crippen molar-refractivity contribution < 1.29 is 10.0 Å². The Morgan fingerprint density at radius 2 is 2.08 bits per heavy atom. The molecule has 26 heavy (non-hydrogen) atoms. The Kier molecular flexibility index (Phi) is 5.61. The molecule has 0 bridgehead atoms. The fourth-order valence-corrected chi connectivity index (χ4v) is 4.89. The number of nitrogens with one attached hydrogen (secondary N) is 1. The van der Waals surface area contributed by atoms with Crippen LogP contribution >= 0.6 is 35.3 Å². The zero-order valence-corrected chi connectivity index (χ0v) is 16.6. The van der Waals surface area contributed by atoms with E-state index in [4.69, 9.17) is 12.2 Å². The van der Waals surface area contributed by atoms with Gasteiger partial charge in [0.25, 0.3) is 0 Å². The molecule has 3 rings (SSSR count). The van der Waals surface area contributed by atoms with Gasteiger partial charge in [-0.1, -0.05) is 48.2 Å². The summed E-state index contributed by atoms with van der Waals surface area (Å²) in [4.78, 5) is 13.5. The van der Waals surface area contributed by atoms with Gasteiger partial charge < -0.3 is 5.32 Å². The fraction of sp³-hybridized carbons (Fsp3) is 0.235. The number of anilines is 1. The third-order valence-corrected chi connectivity index (χ3v) is 6.05. The van der Waals surface area contributed by atoms with Gasteiger partial charge in [-0.15, -0.1) is 11.3 Å². The second-order valence-corrected chi connectivity index (χ2v) is 9.36. The van der Waals surface area contributed by atoms with Crippen molar-refractivity contribution in [1.82, 2.24) is 10.1 Å². The highest BCUT2D eigenvalue weighted by Gasteiger charge is 2.50. The van der Waals surface area contributed by atoms with Gasteiger partial charge in [0.2, 0.25) is 0 Å². The van der Waals surface area contributed by atoms with Gasteiger partial charge in [0.05, 0.1) is 11.0 Å². The normalized spacial score (nSPS) is 19.1. The van der Waals surface area contributed by atoms with E-state index >= 15 is 0 Å². The molecule has 0 aliphatic carbocycles. The molecule has 1 fully saturated rings. The van der Waals surface area contributed by atoms with Crippen molar-refractivity contribution in [2.24, 2.45) is 5.10 Å². The van der Waals surface area contributed by atoms with E-state index in [0.717, 1.165) is 4.88 Å². The van der Waals surface area contributed by atoms with Gasteiger partial charge >= 0.3 is 6.03 Å². The van der Waals surface area contributed by atoms with Crippen LogP contribution in [0.15, 0.2) is 52.9 Å². The van der Waals surface area contributed by atoms with Crippen LogP contribution in [0, 0.1) is 0 Å². The van der Waals surface area contributed by atoms with Crippen LogP contribution in [0.3, 0.4) is 0 Å². The zero-order chi connectivity index (χ0) is 18.7. The monoisotopic (exact) mass is 406 g/mol. The van der Waals surface area contributed by atoms with E-state index in [1.165, 1.54) is 16.8 Å². The average molecular weight is 407 g/mol. The summed E-state index contributed by atoms with van der Waals surface area (Å²) in [7, 11) is 0. The Morgan fingerprint density at radius 1 is 1.35 bits per heavy atom. The van der Waals surface area contributed by atoms with Gasteiger partial charge in [0.15, 0.2) is 10.5 Å². The quantitative estimate of drug-likeness (QED) is 0.340. The minimum Gasteiger partial charge on any atom is -0.306 e. The summed E-state index contributed by atoms with van der Waals surface area (Å²) in [6.07, 6.45) is 0.939. The van der Waals surface area contributed by atoms with Crippen molar-refractivity contribution in [3.05, 3.63) is 52.7 Å². The Balaban J connectivity index is 1.81. The molecule has 0 radical (unpaired) electrons. The van der Waals surface area contributed by atoms with Gasteiger partial charge in [0.1, 0.15) is 0 Å². The first-order valence-electron chi connectivity index (χ1n) is 7.82. The molecule has 2 N–H and O–H groups in total. The summed E-state index contributed by atoms with van der Waals surface area (Å²) in [5.74, 6) is 0. The van der Waals surface area contributed by atoms with Crippen LogP contribution in [0.2, 0.25) is 0 Å². The molecule has 1 saturated heterocycles. The third-order valence-electron chi connectivity index (χ3n) is 3.71. The molecule has 0 spiro atoms. The van der Waals surface area contributed by atoms with E-state index in [2.05, 4.69) is 10.4 Å². The first kappa shape index (κ1) is 18.8. The molecule has 1 aromatic carbocycles. The van der Waals surface area contributed by atoms with E-state index in [9.17, 15) is 10.0 Å². The number of benzene rings is 1. The summed E-state index contributed by atoms with van der Waals surface area (Å²) in [6.45, 7) is 3.82. The molecule has 0 saturated carbocycles. The second-order valence-electron chi connectivity index (χ2n) is 6.09. The molecule has 2 amide bonds. The van der Waals surface area contributed by atoms with Crippen molar-refractivity contribution >= 4 is 57.6 Å². The number of carbonyl (C=O) groups is 1. The van der Waals surface area contributed by atoms with Crippen LogP contribution in [0.4, 0.5) is 10.5 Å². The number of urea groups is 1. The van der Waals surface area contributed by atoms with E-state index in [1.54, 1.807) is 41.8 Å². The fourth-order valence-electron chi connectivity index (χ4n) is 2.52. The molecule has 9 heteroatoms. The molecule has 2 aromatic rings. The highest BCUT2D eigenvalue weighted by Crippen LogP contribution is 2.42. The largest absolute Gasteiger partial charge is 0.347 e. The number of thiocarbonyl (C=S) groups is 1. The first-order chi connectivity index (χ1) is 12.4. The number of amides is 2. The topological polar surface area (TPSA) is 68.2 Å². The van der Waals surface area contributed by atoms with Gasteiger partial charge in [0, 0.05) is 10.6 Å². The zero-order valence-electron chi connectivity index (χ0n) is 14.2. The summed E-state index contributed by atoms with van der Waals surface area (Å²) in [5, 5.41) is 21.8. The lowest BCUT2D eigenvalue weighted by Gasteiger charge is -2.34. The van der Waals surface area contributed by atoms with Crippen LogP contribution in [0.1, 0.15) is 18.7 Å². The molecule has 1 aromatic heterocycles. The van der Waals surface area contributed by atoms with Crippen LogP contribution in [0.25, 0.3) is 0 Å². The number of nitrogens with zero attached hydrogens (tertiary/aromatic N) is 3. The van der Waals surface area contributed by atoms with Crippen LogP contribution in [-0.2, 0) is 0 Å². The summed E-state index contributed by atoms with van der Waals surface area (Å²) >= 11 is 8.34. The maximum absolute atomic E-state index is 12.5. The molecule has 1 atom stereocenters. The number of thiophene rings is 1. The number of hydrogen-bond acceptors (Lipinski definition) is 6. The SMILES string of the molecule is CC1(C)SC(=S)N(N=Cc2cccs2)C1N(O)C(=O)Nc1ccccc1. The number of hydrazone groups is 1. The molecule has 6 nitrogen and oxygen atoms in total. The van der Waals surface area contributed by atoms with E-state index in [-0.39, 0.29) is 0 Å². The predicted octanol–water partition coefficient (Wildman–Crippen LogP) is 4.44. The summed E-state index contributed by atoms with van der Waals surface area (Å²) in [6, 6.07) is 12.2. The number of hydroxylamine groups is 2. The predicted molar refractivity (Wildman–Crippen MR) is 111 cm³/mol. The van der Waals surface area contributed by atoms with Crippen LogP contribution < -0.4 is 5.32 Å². The Morgan fingerprint density at radius 3 is 2.73 bits per heavy atom. The van der Waals surface area contributed by atoms with Gasteiger partial charge in [-0.3, -0.25) is 5.21 Å². The Bertz CT molecular complexity index is 809. The van der Waals surface area contributed by atoms with E-state index in [1.807, 2.05) is 37.4 Å². The standard InChI is InChI=1S/C17H18N4O2S3/c1-17(2)14(21(23)15(22)19-12-7-4-3-5-8-12)20(16(24)26-17)18-11-13-9-6-10-25-13/h3-11,14,23H,1-2H3,(H,19,22). The third kappa shape index (κ3) is 4.07. The average Bonchev–Trinajstić information content (AvgIpc) is 3.18. The second kappa shape index (κ2) is 7.75. The van der Waals surface area contributed by atoms with Crippen molar-refractivity contribution in [2.75, 3.05) is 5.32 Å². The van der Waals surface area contributed by atoms with Crippen molar-refractivity contribution in [1.29, 1.82) is 0 Å². The van der Waals surface area contributed by atoms with Crippen molar-refractivity contribution in [3.8, 4) is 0 Å². The van der Waals surface area contributed by atoms with Crippen molar-refractivity contribution in [3.63, 3.8) is 0 Å². The minimum absolute atomic E-state index is 0.499. The van der Waals surface area contributed by atoms with Crippen LogP contribution in [0.5, 0.6) is 0 Å². The highest BCUT2D eigenvalue weighted by atomic mass is 32.2. The van der Waals surface area contributed by atoms with Crippen molar-refractivity contribution in [2.45, 2.75) is 24.8 Å². The molecular formula is C17H18N4O2S3. The smallest absolute Gasteiger partial charge is 0.306 e. The lowest BCUT2D eigenvalue weighted by atomic mass is 10.1. The van der Waals surface area contributed by atoms with Gasteiger partial charge in [-0.2, -0.15) is 10.2 Å². The molecule has 1 unspecified atom stereocenters. The van der Waals surface area contributed by atoms with Crippen LogP contribution in [-0.4, -0.2) is 42.8 Å². The van der Waals surface area contributed by atoms with E-state index in [0.29, 0.717) is 15.1 Å². The highest BCUT2D eigenvalue weighted by molar-refractivity contribution is 8.24. The summed E-state index contributed by atoms with van der Waals surface area (Å²) in [5.41, 5.74) is 0.594. The molecule has 1 aliphatic heterocycles.